The molecule has 0 amide bonds. The molecule has 4 atom stereocenters. The van der Waals surface area contributed by atoms with Crippen molar-refractivity contribution < 1.29 is 26.4 Å². The summed E-state index contributed by atoms with van der Waals surface area (Å²) in [5.41, 5.74) is 0.872. The van der Waals surface area contributed by atoms with E-state index in [1.165, 1.54) is 0 Å². The fourth-order valence-corrected chi connectivity index (χ4v) is 12.0. The second-order valence-corrected chi connectivity index (χ2v) is 18.8. The van der Waals surface area contributed by atoms with Gasteiger partial charge in [0.15, 0.2) is 11.6 Å². The van der Waals surface area contributed by atoms with Crippen LogP contribution < -0.4 is 9.44 Å². The molecule has 2 N–H and O–H groups in total. The van der Waals surface area contributed by atoms with Gasteiger partial charge in [-0.3, -0.25) is 9.59 Å². The van der Waals surface area contributed by atoms with Crippen molar-refractivity contribution in [3.8, 4) is 0 Å². The van der Waals surface area contributed by atoms with Gasteiger partial charge in [0.2, 0.25) is 20.0 Å². The predicted octanol–water partition coefficient (Wildman–Crippen LogP) is 4.98. The molecule has 4 aliphatic rings. The number of nitrogens with one attached hydrogen (secondary N) is 2. The van der Waals surface area contributed by atoms with Gasteiger partial charge in [0.1, 0.15) is 0 Å². The molecule has 0 heterocycles. The van der Waals surface area contributed by atoms with E-state index in [9.17, 15) is 26.4 Å². The van der Waals surface area contributed by atoms with Crippen LogP contribution in [-0.4, -0.2) is 53.0 Å². The number of carbonyl (C=O) groups excluding carboxylic acids is 2. The maximum absolute atomic E-state index is 13.9. The smallest absolute Gasteiger partial charge is 0.212 e. The molecule has 0 radical (unpaired) electrons. The zero-order valence-corrected chi connectivity index (χ0v) is 28.5. The molecule has 242 valence electrons. The molecule has 4 saturated carbocycles. The van der Waals surface area contributed by atoms with Crippen LogP contribution in [0.2, 0.25) is 0 Å². The molecule has 4 aliphatic carbocycles. The molecule has 44 heavy (non-hydrogen) atoms. The second-order valence-electron chi connectivity index (χ2n) is 15.1. The predicted molar refractivity (Wildman–Crippen MR) is 174 cm³/mol. The lowest BCUT2D eigenvalue weighted by Crippen LogP contribution is -2.46. The fraction of sp³-hybridized carbons (Fsp3) is 0.647. The third-order valence-corrected chi connectivity index (χ3v) is 13.8. The number of ketones is 2. The van der Waals surface area contributed by atoms with Crippen LogP contribution in [0.25, 0.3) is 12.2 Å². The van der Waals surface area contributed by atoms with Crippen LogP contribution in [0.4, 0.5) is 0 Å². The summed E-state index contributed by atoms with van der Waals surface area (Å²) in [5, 5.41) is 0. The molecular weight excluding hydrogens is 597 g/mol. The van der Waals surface area contributed by atoms with Crippen LogP contribution in [0.5, 0.6) is 0 Å². The Bertz CT molecular complexity index is 1600. The van der Waals surface area contributed by atoms with Crippen molar-refractivity contribution in [2.24, 2.45) is 39.9 Å². The Morgan fingerprint density at radius 1 is 0.773 bits per heavy atom. The first kappa shape index (κ1) is 33.2. The van der Waals surface area contributed by atoms with Crippen molar-refractivity contribution in [1.82, 2.24) is 9.44 Å². The number of Topliss-reactive ketones (excluding diaryl/α,β-unsaturated/α-hetero) is 2. The van der Waals surface area contributed by atoms with Crippen molar-refractivity contribution in [1.29, 1.82) is 0 Å². The monoisotopic (exact) mass is 644 g/mol. The molecule has 4 fully saturated rings. The zero-order chi connectivity index (χ0) is 32.3. The molecule has 0 aliphatic heterocycles. The Morgan fingerprint density at radius 3 is 1.84 bits per heavy atom. The largest absolute Gasteiger partial charge is 0.294 e. The van der Waals surface area contributed by atoms with E-state index in [1.54, 1.807) is 0 Å². The van der Waals surface area contributed by atoms with Gasteiger partial charge in [0.25, 0.3) is 0 Å². The van der Waals surface area contributed by atoms with Crippen LogP contribution in [0.15, 0.2) is 35.4 Å². The van der Waals surface area contributed by atoms with Gasteiger partial charge in [-0.1, -0.05) is 65.8 Å². The van der Waals surface area contributed by atoms with Crippen LogP contribution >= 0.6 is 0 Å². The van der Waals surface area contributed by atoms with Crippen molar-refractivity contribution in [3.05, 3.63) is 46.5 Å². The number of hydrogen-bond acceptors (Lipinski definition) is 6. The highest BCUT2D eigenvalue weighted by Gasteiger charge is 2.67. The number of rotatable bonds is 12. The summed E-state index contributed by atoms with van der Waals surface area (Å²) in [6.45, 7) is 12.6. The molecule has 1 aromatic rings. The lowest BCUT2D eigenvalue weighted by Gasteiger charge is -2.35. The summed E-state index contributed by atoms with van der Waals surface area (Å²) in [4.78, 5) is 27.4. The third kappa shape index (κ3) is 6.04. The van der Waals surface area contributed by atoms with E-state index < -0.39 is 36.3 Å². The van der Waals surface area contributed by atoms with Crippen molar-refractivity contribution in [2.75, 3.05) is 24.6 Å². The maximum atomic E-state index is 13.9. The van der Waals surface area contributed by atoms with E-state index in [1.807, 2.05) is 78.0 Å². The summed E-state index contributed by atoms with van der Waals surface area (Å²) in [7, 11) is -7.18. The van der Waals surface area contributed by atoms with E-state index in [0.717, 1.165) is 24.0 Å². The number of benzene rings is 1. The Morgan fingerprint density at radius 2 is 1.30 bits per heavy atom. The minimum Gasteiger partial charge on any atom is -0.294 e. The van der Waals surface area contributed by atoms with Crippen LogP contribution in [0, 0.1) is 39.9 Å². The molecule has 4 bridgehead atoms. The Hall–Kier alpha value is -2.14. The maximum Gasteiger partial charge on any atom is 0.212 e. The van der Waals surface area contributed by atoms with Gasteiger partial charge in [-0.2, -0.15) is 0 Å². The van der Waals surface area contributed by atoms with Gasteiger partial charge in [-0.15, -0.1) is 0 Å². The summed E-state index contributed by atoms with van der Waals surface area (Å²) in [6, 6.07) is 7.69. The average Bonchev–Trinajstić information content (AvgIpc) is 3.57. The van der Waals surface area contributed by atoms with E-state index in [2.05, 4.69) is 9.44 Å². The van der Waals surface area contributed by atoms with Crippen molar-refractivity contribution in [3.63, 3.8) is 0 Å². The van der Waals surface area contributed by atoms with E-state index in [0.29, 0.717) is 43.5 Å². The van der Waals surface area contributed by atoms with Crippen LogP contribution in [0.1, 0.15) is 84.8 Å². The quantitative estimate of drug-likeness (QED) is 0.309. The Kier molecular flexibility index (Phi) is 8.75. The van der Waals surface area contributed by atoms with E-state index in [4.69, 9.17) is 0 Å². The zero-order valence-electron chi connectivity index (χ0n) is 26.9. The first-order valence-electron chi connectivity index (χ1n) is 16.0. The fourth-order valence-electron chi connectivity index (χ4n) is 8.18. The molecule has 8 nitrogen and oxygen atoms in total. The highest BCUT2D eigenvalue weighted by molar-refractivity contribution is 7.89. The lowest BCUT2D eigenvalue weighted by molar-refractivity contribution is -0.125. The van der Waals surface area contributed by atoms with Gasteiger partial charge < -0.3 is 0 Å². The van der Waals surface area contributed by atoms with Crippen molar-refractivity contribution in [2.45, 2.75) is 73.6 Å². The van der Waals surface area contributed by atoms with Gasteiger partial charge >= 0.3 is 0 Å². The average molecular weight is 645 g/mol. The molecular formula is C34H48N2O6S2. The summed E-state index contributed by atoms with van der Waals surface area (Å²) in [5.74, 6) is -0.0280. The summed E-state index contributed by atoms with van der Waals surface area (Å²) < 4.78 is 56.9. The normalized spacial score (nSPS) is 31.5. The van der Waals surface area contributed by atoms with Crippen LogP contribution in [-0.2, 0) is 29.6 Å². The third-order valence-electron chi connectivity index (χ3n) is 10.7. The number of fused-ring (bicyclic) bond motifs is 4. The topological polar surface area (TPSA) is 126 Å². The molecule has 0 spiro atoms. The highest BCUT2D eigenvalue weighted by atomic mass is 32.2. The van der Waals surface area contributed by atoms with Crippen LogP contribution in [0.3, 0.4) is 0 Å². The number of hydrogen-bond donors (Lipinski definition) is 2. The second kappa shape index (κ2) is 11.6. The van der Waals surface area contributed by atoms with Crippen molar-refractivity contribution >= 4 is 43.8 Å². The summed E-state index contributed by atoms with van der Waals surface area (Å²) >= 11 is 0. The van der Waals surface area contributed by atoms with Gasteiger partial charge in [-0.25, -0.2) is 26.3 Å². The highest BCUT2D eigenvalue weighted by Crippen LogP contribution is 2.66. The molecule has 0 saturated heterocycles. The molecule has 4 unspecified atom stereocenters. The Labute approximate surface area is 263 Å². The number of carbonyl (C=O) groups is 2. The van der Waals surface area contributed by atoms with E-state index >= 15 is 0 Å². The van der Waals surface area contributed by atoms with Gasteiger partial charge in [0, 0.05) is 24.1 Å². The molecule has 1 aromatic carbocycles. The molecule has 0 aromatic heterocycles. The molecule has 10 heteroatoms. The first-order chi connectivity index (χ1) is 20.4. The SMILES string of the molecule is CC(C)CNS(=O)(=O)CC12CCC(C1)/C(=C\c1ccc(/C=C3/C(=O)C4(CS(=O)(=O)NCC(C)C)CCC3C4(C)C)cc1)C2=O. The minimum absolute atomic E-state index is 0.00810. The lowest BCUT2D eigenvalue weighted by atomic mass is 9.70. The molecule has 5 rings (SSSR count). The van der Waals surface area contributed by atoms with Gasteiger partial charge in [-0.05, 0) is 90.0 Å². The first-order valence-corrected chi connectivity index (χ1v) is 19.3. The summed E-state index contributed by atoms with van der Waals surface area (Å²) in [6.07, 6.45) is 7.15. The number of sulfonamides is 2. The number of allylic oxidation sites excluding steroid dienone is 2. The van der Waals surface area contributed by atoms with Gasteiger partial charge in [0.05, 0.1) is 16.9 Å². The Balaban J connectivity index is 1.33. The standard InChI is InChI=1S/C34H48N2O6S2/c1-22(2)18-35-43(39,40)20-33-13-11-26(17-33)27(30(33)37)15-24-7-9-25(10-8-24)16-28-29-12-14-34(31(28)38,32(29,5)6)21-44(41,42)36-19-23(3)4/h7-10,15-16,22-23,26,29,35-36H,11-14,17-21H2,1-6H3/b27-15+,28-16+. The van der Waals surface area contributed by atoms with E-state index in [-0.39, 0.29) is 46.7 Å². The minimum atomic E-state index is -3.62.